The summed E-state index contributed by atoms with van der Waals surface area (Å²) < 4.78 is 31.1. The predicted octanol–water partition coefficient (Wildman–Crippen LogP) is 2.24. The lowest BCUT2D eigenvalue weighted by atomic mass is 10.2. The number of sulfonamides is 1. The number of carbonyl (C=O) groups is 1. The lowest BCUT2D eigenvalue weighted by Gasteiger charge is -2.22. The molecule has 21 heavy (non-hydrogen) atoms. The molecule has 1 N–H and O–H groups in total. The van der Waals surface area contributed by atoms with Crippen LogP contribution in [0.25, 0.3) is 0 Å². The Labute approximate surface area is 132 Å². The number of hydrogen-bond acceptors (Lipinski definition) is 4. The van der Waals surface area contributed by atoms with Crippen LogP contribution < -0.4 is 4.74 Å². The first-order valence-corrected chi connectivity index (χ1v) is 8.27. The molecule has 1 atom stereocenters. The number of halogens is 2. The number of carboxylic acids is 1. The monoisotopic (exact) mass is 353 g/mol. The fourth-order valence-electron chi connectivity index (χ4n) is 2.27. The number of hydrogen-bond donors (Lipinski definition) is 1. The van der Waals surface area contributed by atoms with Gasteiger partial charge < -0.3 is 9.84 Å². The molecule has 9 heteroatoms. The van der Waals surface area contributed by atoms with Gasteiger partial charge in [0.25, 0.3) is 0 Å². The number of nitrogens with zero attached hydrogens (tertiary/aromatic N) is 1. The Hall–Kier alpha value is -1.02. The van der Waals surface area contributed by atoms with Gasteiger partial charge >= 0.3 is 5.97 Å². The Morgan fingerprint density at radius 3 is 2.62 bits per heavy atom. The third-order valence-corrected chi connectivity index (χ3v) is 6.23. The van der Waals surface area contributed by atoms with Gasteiger partial charge in [0.2, 0.25) is 10.0 Å². The minimum atomic E-state index is -4.03. The lowest BCUT2D eigenvalue weighted by Crippen LogP contribution is -2.40. The van der Waals surface area contributed by atoms with Crippen molar-refractivity contribution in [1.82, 2.24) is 4.31 Å². The molecule has 1 saturated heterocycles. The minimum Gasteiger partial charge on any atom is -0.495 e. The molecule has 1 fully saturated rings. The zero-order chi connectivity index (χ0) is 15.8. The van der Waals surface area contributed by atoms with E-state index in [0.717, 1.165) is 4.31 Å². The van der Waals surface area contributed by atoms with Crippen molar-refractivity contribution < 1.29 is 23.1 Å². The first kappa shape index (κ1) is 16.4. The van der Waals surface area contributed by atoms with Crippen molar-refractivity contribution in [2.75, 3.05) is 13.7 Å². The maximum atomic E-state index is 12.6. The van der Waals surface area contributed by atoms with Crippen LogP contribution in [0.2, 0.25) is 10.0 Å². The van der Waals surface area contributed by atoms with E-state index in [9.17, 15) is 13.2 Å². The van der Waals surface area contributed by atoms with Gasteiger partial charge in [0.15, 0.2) is 0 Å². The van der Waals surface area contributed by atoms with E-state index < -0.39 is 22.0 Å². The highest BCUT2D eigenvalue weighted by molar-refractivity contribution is 7.89. The number of rotatable bonds is 4. The normalized spacial score (nSPS) is 19.7. The second kappa shape index (κ2) is 6.00. The lowest BCUT2D eigenvalue weighted by molar-refractivity contribution is -0.140. The Morgan fingerprint density at radius 1 is 1.38 bits per heavy atom. The highest BCUT2D eigenvalue weighted by Gasteiger charge is 2.40. The van der Waals surface area contributed by atoms with E-state index in [2.05, 4.69) is 0 Å². The molecule has 6 nitrogen and oxygen atoms in total. The SMILES string of the molecule is COc1ccc(S(=O)(=O)N2CCC[C@H]2C(=O)O)c(Cl)c1Cl. The predicted molar refractivity (Wildman–Crippen MR) is 77.6 cm³/mol. The molecule has 1 aromatic rings. The second-order valence-corrected chi connectivity index (χ2v) is 7.12. The van der Waals surface area contributed by atoms with Gasteiger partial charge in [0, 0.05) is 6.54 Å². The largest absolute Gasteiger partial charge is 0.495 e. The fourth-order valence-corrected chi connectivity index (χ4v) is 4.74. The van der Waals surface area contributed by atoms with Gasteiger partial charge in [-0.25, -0.2) is 8.42 Å². The molecule has 0 bridgehead atoms. The summed E-state index contributed by atoms with van der Waals surface area (Å²) in [6.45, 7) is 0.138. The van der Waals surface area contributed by atoms with E-state index in [0.29, 0.717) is 6.42 Å². The standard InChI is InChI=1S/C12H13Cl2NO5S/c1-20-8-4-5-9(11(14)10(8)13)21(18,19)15-6-2-3-7(15)12(16)17/h4-5,7H,2-3,6H2,1H3,(H,16,17)/t7-/m0/s1. The van der Waals surface area contributed by atoms with Crippen LogP contribution in [0.4, 0.5) is 0 Å². The highest BCUT2D eigenvalue weighted by Crippen LogP contribution is 2.39. The van der Waals surface area contributed by atoms with Gasteiger partial charge in [-0.05, 0) is 25.0 Å². The van der Waals surface area contributed by atoms with Crippen LogP contribution in [0.5, 0.6) is 5.75 Å². The van der Waals surface area contributed by atoms with Crippen molar-refractivity contribution in [3.63, 3.8) is 0 Å². The van der Waals surface area contributed by atoms with E-state index in [1.807, 2.05) is 0 Å². The molecule has 1 aromatic carbocycles. The molecule has 1 aliphatic rings. The first-order valence-electron chi connectivity index (χ1n) is 6.07. The van der Waals surface area contributed by atoms with Crippen LogP contribution in [-0.2, 0) is 14.8 Å². The van der Waals surface area contributed by atoms with E-state index in [4.69, 9.17) is 33.0 Å². The molecular formula is C12H13Cl2NO5S. The van der Waals surface area contributed by atoms with E-state index in [1.54, 1.807) is 0 Å². The van der Waals surface area contributed by atoms with E-state index >= 15 is 0 Å². The molecule has 0 unspecified atom stereocenters. The molecule has 0 aliphatic carbocycles. The van der Waals surface area contributed by atoms with Gasteiger partial charge in [-0.15, -0.1) is 0 Å². The van der Waals surface area contributed by atoms with Gasteiger partial charge in [-0.3, -0.25) is 4.79 Å². The van der Waals surface area contributed by atoms with Crippen molar-refractivity contribution in [3.8, 4) is 5.75 Å². The van der Waals surface area contributed by atoms with E-state index in [1.165, 1.54) is 19.2 Å². The summed E-state index contributed by atoms with van der Waals surface area (Å²) in [6.07, 6.45) is 0.758. The Kier molecular flexibility index (Phi) is 4.67. The number of benzene rings is 1. The summed E-state index contributed by atoms with van der Waals surface area (Å²) in [5, 5.41) is 8.92. The average molecular weight is 354 g/mol. The molecule has 0 amide bonds. The highest BCUT2D eigenvalue weighted by atomic mass is 35.5. The van der Waals surface area contributed by atoms with Crippen LogP contribution in [0.1, 0.15) is 12.8 Å². The van der Waals surface area contributed by atoms with Crippen LogP contribution in [0.3, 0.4) is 0 Å². The number of ether oxygens (including phenoxy) is 1. The van der Waals surface area contributed by atoms with Crippen LogP contribution in [-0.4, -0.2) is 43.5 Å². The Bertz CT molecular complexity index is 676. The van der Waals surface area contributed by atoms with Gasteiger partial charge in [-0.1, -0.05) is 23.2 Å². The number of carboxylic acid groups (broad SMARTS) is 1. The topological polar surface area (TPSA) is 83.9 Å². The molecule has 1 heterocycles. The van der Waals surface area contributed by atoms with Crippen LogP contribution in [0, 0.1) is 0 Å². The summed E-state index contributed by atoms with van der Waals surface area (Å²) in [5.41, 5.74) is 0. The number of aliphatic carboxylic acids is 1. The third-order valence-electron chi connectivity index (χ3n) is 3.31. The molecule has 0 saturated carbocycles. The molecule has 116 valence electrons. The van der Waals surface area contributed by atoms with Crippen LogP contribution in [0.15, 0.2) is 17.0 Å². The summed E-state index contributed by atoms with van der Waals surface area (Å²) in [6, 6.07) is 1.57. The smallest absolute Gasteiger partial charge is 0.322 e. The summed E-state index contributed by atoms with van der Waals surface area (Å²) in [4.78, 5) is 10.9. The third kappa shape index (κ3) is 2.83. The zero-order valence-corrected chi connectivity index (χ0v) is 13.4. The summed E-state index contributed by atoms with van der Waals surface area (Å²) in [7, 11) is -2.65. The second-order valence-electron chi connectivity index (χ2n) is 4.51. The Balaban J connectivity index is 2.50. The average Bonchev–Trinajstić information content (AvgIpc) is 2.91. The molecule has 1 aliphatic heterocycles. The Morgan fingerprint density at radius 2 is 2.05 bits per heavy atom. The van der Waals surface area contributed by atoms with E-state index in [-0.39, 0.29) is 33.7 Å². The van der Waals surface area contributed by atoms with Crippen molar-refractivity contribution in [3.05, 3.63) is 22.2 Å². The number of methoxy groups -OCH3 is 1. The minimum absolute atomic E-state index is 0.0219. The van der Waals surface area contributed by atoms with Gasteiger partial charge in [0.1, 0.15) is 21.7 Å². The van der Waals surface area contributed by atoms with Crippen LogP contribution >= 0.6 is 23.2 Å². The fraction of sp³-hybridized carbons (Fsp3) is 0.417. The molecule has 0 radical (unpaired) electrons. The molecular weight excluding hydrogens is 341 g/mol. The van der Waals surface area contributed by atoms with Crippen molar-refractivity contribution in [1.29, 1.82) is 0 Å². The first-order chi connectivity index (χ1) is 9.80. The van der Waals surface area contributed by atoms with Crippen molar-refractivity contribution in [2.24, 2.45) is 0 Å². The van der Waals surface area contributed by atoms with Gasteiger partial charge in [0.05, 0.1) is 12.1 Å². The van der Waals surface area contributed by atoms with Crippen molar-refractivity contribution >= 4 is 39.2 Å². The molecule has 2 rings (SSSR count). The molecule has 0 aromatic heterocycles. The maximum absolute atomic E-state index is 12.6. The zero-order valence-electron chi connectivity index (χ0n) is 11.0. The van der Waals surface area contributed by atoms with Crippen molar-refractivity contribution in [2.45, 2.75) is 23.8 Å². The van der Waals surface area contributed by atoms with Gasteiger partial charge in [-0.2, -0.15) is 4.31 Å². The maximum Gasteiger partial charge on any atom is 0.322 e. The quantitative estimate of drug-likeness (QED) is 0.897. The summed E-state index contributed by atoms with van der Waals surface area (Å²) in [5.74, 6) is -0.927. The molecule has 0 spiro atoms. The summed E-state index contributed by atoms with van der Waals surface area (Å²) >= 11 is 12.0.